The van der Waals surface area contributed by atoms with Crippen molar-refractivity contribution in [2.24, 2.45) is 5.73 Å². The summed E-state index contributed by atoms with van der Waals surface area (Å²) < 4.78 is 10.4. The summed E-state index contributed by atoms with van der Waals surface area (Å²) in [5.74, 6) is 0.139. The van der Waals surface area contributed by atoms with Crippen LogP contribution in [0.15, 0.2) is 12.1 Å². The minimum Gasteiger partial charge on any atom is -0.503 e. The van der Waals surface area contributed by atoms with Crippen LogP contribution in [0.4, 0.5) is 10.5 Å². The van der Waals surface area contributed by atoms with E-state index in [1.54, 1.807) is 32.9 Å². The van der Waals surface area contributed by atoms with Gasteiger partial charge in [0.15, 0.2) is 11.5 Å². The molecule has 1 aliphatic rings. The van der Waals surface area contributed by atoms with Crippen molar-refractivity contribution in [2.75, 3.05) is 12.4 Å². The van der Waals surface area contributed by atoms with E-state index in [0.717, 1.165) is 24.8 Å². The molecule has 1 aromatic rings. The molecule has 1 saturated carbocycles. The van der Waals surface area contributed by atoms with E-state index in [9.17, 15) is 9.90 Å². The summed E-state index contributed by atoms with van der Waals surface area (Å²) in [5, 5.41) is 12.7. The standard InChI is InChI=1S/C16H24N2O4/c1-15(2,3)22-14(20)18-11-8-10(16(17)6-5-7-16)9-12(21-4)13(11)19/h8-9,19H,5-7,17H2,1-4H3,(H,18,20). The number of hydrogen-bond donors (Lipinski definition) is 3. The lowest BCUT2D eigenvalue weighted by atomic mass is 9.72. The van der Waals surface area contributed by atoms with E-state index < -0.39 is 17.2 Å². The number of amides is 1. The number of carbonyl (C=O) groups is 1. The van der Waals surface area contributed by atoms with E-state index in [0.29, 0.717) is 0 Å². The Morgan fingerprint density at radius 3 is 2.45 bits per heavy atom. The molecule has 0 unspecified atom stereocenters. The molecule has 4 N–H and O–H groups in total. The number of rotatable bonds is 3. The fraction of sp³-hybridized carbons (Fsp3) is 0.562. The maximum Gasteiger partial charge on any atom is 0.412 e. The van der Waals surface area contributed by atoms with Crippen LogP contribution in [-0.4, -0.2) is 23.9 Å². The maximum atomic E-state index is 11.9. The SMILES string of the molecule is COc1cc(C2(N)CCC2)cc(NC(=O)OC(C)(C)C)c1O. The summed E-state index contributed by atoms with van der Waals surface area (Å²) in [6.45, 7) is 5.31. The molecule has 0 aliphatic heterocycles. The predicted molar refractivity (Wildman–Crippen MR) is 84.2 cm³/mol. The van der Waals surface area contributed by atoms with E-state index in [4.69, 9.17) is 15.2 Å². The Kier molecular flexibility index (Phi) is 4.24. The van der Waals surface area contributed by atoms with Gasteiger partial charge in [0.05, 0.1) is 12.8 Å². The highest BCUT2D eigenvalue weighted by Gasteiger charge is 2.35. The minimum absolute atomic E-state index is 0.139. The quantitative estimate of drug-likeness (QED) is 0.746. The normalized spacial score (nSPS) is 16.6. The molecule has 0 aromatic heterocycles. The first kappa shape index (κ1) is 16.4. The number of hydrogen-bond acceptors (Lipinski definition) is 5. The van der Waals surface area contributed by atoms with Gasteiger partial charge in [-0.1, -0.05) is 0 Å². The number of nitrogens with one attached hydrogen (secondary N) is 1. The van der Waals surface area contributed by atoms with Crippen LogP contribution in [-0.2, 0) is 10.3 Å². The number of ether oxygens (including phenoxy) is 2. The van der Waals surface area contributed by atoms with Gasteiger partial charge < -0.3 is 20.3 Å². The van der Waals surface area contributed by atoms with Gasteiger partial charge in [0.1, 0.15) is 5.60 Å². The number of methoxy groups -OCH3 is 1. The number of anilines is 1. The van der Waals surface area contributed by atoms with Gasteiger partial charge in [-0.05, 0) is 57.7 Å². The molecule has 0 atom stereocenters. The molecule has 6 nitrogen and oxygen atoms in total. The first-order chi connectivity index (χ1) is 10.1. The van der Waals surface area contributed by atoms with Crippen LogP contribution in [0.5, 0.6) is 11.5 Å². The maximum absolute atomic E-state index is 11.9. The van der Waals surface area contributed by atoms with Crippen molar-refractivity contribution in [3.8, 4) is 11.5 Å². The summed E-state index contributed by atoms with van der Waals surface area (Å²) in [7, 11) is 1.46. The second kappa shape index (κ2) is 5.68. The number of carbonyl (C=O) groups excluding carboxylic acids is 1. The average molecular weight is 308 g/mol. The lowest BCUT2D eigenvalue weighted by Gasteiger charge is -2.39. The third kappa shape index (κ3) is 3.44. The van der Waals surface area contributed by atoms with E-state index >= 15 is 0 Å². The molecule has 1 amide bonds. The smallest absolute Gasteiger partial charge is 0.412 e. The first-order valence-electron chi connectivity index (χ1n) is 7.35. The van der Waals surface area contributed by atoms with E-state index in [1.807, 2.05) is 0 Å². The Balaban J connectivity index is 2.29. The fourth-order valence-electron chi connectivity index (χ4n) is 2.41. The van der Waals surface area contributed by atoms with Gasteiger partial charge >= 0.3 is 6.09 Å². The summed E-state index contributed by atoms with van der Waals surface area (Å²) >= 11 is 0. The van der Waals surface area contributed by atoms with Crippen LogP contribution in [0.1, 0.15) is 45.6 Å². The highest BCUT2D eigenvalue weighted by molar-refractivity contribution is 5.88. The van der Waals surface area contributed by atoms with Crippen LogP contribution < -0.4 is 15.8 Å². The molecular formula is C16H24N2O4. The molecule has 1 aromatic carbocycles. The van der Waals surface area contributed by atoms with Gasteiger partial charge in [0.25, 0.3) is 0 Å². The van der Waals surface area contributed by atoms with Crippen LogP contribution in [0.2, 0.25) is 0 Å². The molecule has 0 saturated heterocycles. The van der Waals surface area contributed by atoms with Gasteiger partial charge in [-0.15, -0.1) is 0 Å². The summed E-state index contributed by atoms with van der Waals surface area (Å²) in [6.07, 6.45) is 2.16. The van der Waals surface area contributed by atoms with Crippen LogP contribution in [0.3, 0.4) is 0 Å². The third-order valence-electron chi connectivity index (χ3n) is 3.75. The zero-order valence-electron chi connectivity index (χ0n) is 13.5. The van der Waals surface area contributed by atoms with E-state index in [1.165, 1.54) is 7.11 Å². The lowest BCUT2D eigenvalue weighted by molar-refractivity contribution is 0.0635. The monoisotopic (exact) mass is 308 g/mol. The van der Waals surface area contributed by atoms with Gasteiger partial charge in [-0.2, -0.15) is 0 Å². The van der Waals surface area contributed by atoms with Crippen LogP contribution in [0.25, 0.3) is 0 Å². The summed E-state index contributed by atoms with van der Waals surface area (Å²) in [4.78, 5) is 11.9. The van der Waals surface area contributed by atoms with E-state index in [2.05, 4.69) is 5.32 Å². The van der Waals surface area contributed by atoms with Crippen molar-refractivity contribution in [1.82, 2.24) is 0 Å². The van der Waals surface area contributed by atoms with Crippen molar-refractivity contribution < 1.29 is 19.4 Å². The van der Waals surface area contributed by atoms with Crippen molar-refractivity contribution in [3.05, 3.63) is 17.7 Å². The molecule has 2 rings (SSSR count). The molecule has 1 fully saturated rings. The lowest BCUT2D eigenvalue weighted by Crippen LogP contribution is -2.43. The van der Waals surface area contributed by atoms with E-state index in [-0.39, 0.29) is 17.2 Å². The summed E-state index contributed by atoms with van der Waals surface area (Å²) in [5.41, 5.74) is 6.34. The Bertz CT molecular complexity index is 574. The van der Waals surface area contributed by atoms with Crippen molar-refractivity contribution >= 4 is 11.8 Å². The van der Waals surface area contributed by atoms with Crippen molar-refractivity contribution in [2.45, 2.75) is 51.2 Å². The number of nitrogens with two attached hydrogens (primary N) is 1. The molecule has 1 aliphatic carbocycles. The predicted octanol–water partition coefficient (Wildman–Crippen LogP) is 3.09. The Labute approximate surface area is 130 Å². The topological polar surface area (TPSA) is 93.8 Å². The molecule has 0 heterocycles. The number of phenolic OH excluding ortho intramolecular Hbond substituents is 1. The van der Waals surface area contributed by atoms with Gasteiger partial charge in [-0.3, -0.25) is 5.32 Å². The Morgan fingerprint density at radius 1 is 1.36 bits per heavy atom. The van der Waals surface area contributed by atoms with Crippen molar-refractivity contribution in [3.63, 3.8) is 0 Å². The molecule has 22 heavy (non-hydrogen) atoms. The Hall–Kier alpha value is -1.95. The zero-order valence-corrected chi connectivity index (χ0v) is 13.5. The zero-order chi connectivity index (χ0) is 16.5. The second-order valence-corrected chi connectivity index (χ2v) is 6.71. The molecule has 6 heteroatoms. The molecular weight excluding hydrogens is 284 g/mol. The second-order valence-electron chi connectivity index (χ2n) is 6.71. The van der Waals surface area contributed by atoms with Crippen molar-refractivity contribution in [1.29, 1.82) is 0 Å². The largest absolute Gasteiger partial charge is 0.503 e. The minimum atomic E-state index is -0.637. The van der Waals surface area contributed by atoms with Gasteiger partial charge in [0, 0.05) is 5.54 Å². The van der Waals surface area contributed by atoms with Crippen LogP contribution >= 0.6 is 0 Å². The first-order valence-corrected chi connectivity index (χ1v) is 7.35. The number of benzene rings is 1. The van der Waals surface area contributed by atoms with Crippen LogP contribution in [0, 0.1) is 0 Å². The molecule has 0 radical (unpaired) electrons. The third-order valence-corrected chi connectivity index (χ3v) is 3.75. The molecule has 122 valence electrons. The fourth-order valence-corrected chi connectivity index (χ4v) is 2.41. The average Bonchev–Trinajstić information content (AvgIpc) is 2.36. The number of aromatic hydroxyl groups is 1. The molecule has 0 spiro atoms. The Morgan fingerprint density at radius 2 is 2.00 bits per heavy atom. The summed E-state index contributed by atoms with van der Waals surface area (Å²) in [6, 6.07) is 3.40. The molecule has 0 bridgehead atoms. The van der Waals surface area contributed by atoms with Gasteiger partial charge in [-0.25, -0.2) is 4.79 Å². The number of phenols is 1. The highest BCUT2D eigenvalue weighted by Crippen LogP contribution is 2.44. The highest BCUT2D eigenvalue weighted by atomic mass is 16.6. The van der Waals surface area contributed by atoms with Gasteiger partial charge in [0.2, 0.25) is 0 Å².